The monoisotopic (exact) mass is 279 g/mol. The van der Waals surface area contributed by atoms with E-state index in [1.165, 1.54) is 6.07 Å². The van der Waals surface area contributed by atoms with E-state index in [1.807, 2.05) is 0 Å². The molecule has 0 bridgehead atoms. The van der Waals surface area contributed by atoms with Crippen molar-refractivity contribution in [2.24, 2.45) is 0 Å². The lowest BCUT2D eigenvalue weighted by atomic mass is 10.3. The first-order valence-corrected chi connectivity index (χ1v) is 6.18. The van der Waals surface area contributed by atoms with Crippen molar-refractivity contribution in [2.45, 2.75) is 0 Å². The molecule has 0 aliphatic rings. The van der Waals surface area contributed by atoms with Crippen LogP contribution < -0.4 is 15.6 Å². The summed E-state index contributed by atoms with van der Waals surface area (Å²) in [4.78, 5) is 27.1. The van der Waals surface area contributed by atoms with Crippen LogP contribution in [0.4, 0.5) is 0 Å². The second-order valence-electron chi connectivity index (χ2n) is 3.38. The van der Waals surface area contributed by atoms with Crippen LogP contribution in [0.25, 0.3) is 11.0 Å². The third kappa shape index (κ3) is 2.88. The van der Waals surface area contributed by atoms with Gasteiger partial charge in [0.15, 0.2) is 6.61 Å². The number of benzene rings is 1. The normalized spacial score (nSPS) is 11.0. The van der Waals surface area contributed by atoms with Crippen molar-refractivity contribution in [3.05, 3.63) is 38.9 Å². The Bertz CT molecular complexity index is 786. The Morgan fingerprint density at radius 2 is 2.00 bits per heavy atom. The molecule has 0 aliphatic carbocycles. The topological polar surface area (TPSA) is 101 Å². The molecule has 0 saturated carbocycles. The predicted octanol–water partition coefficient (Wildman–Crippen LogP) is 0.902. The van der Waals surface area contributed by atoms with E-state index in [-0.39, 0.29) is 17.9 Å². The number of terminal acetylenes is 1. The minimum absolute atomic E-state index is 0.115. The van der Waals surface area contributed by atoms with Crippen molar-refractivity contribution in [3.63, 3.8) is 0 Å². The lowest BCUT2D eigenvalue weighted by Gasteiger charge is -1.99. The molecule has 2 rings (SSSR count). The van der Waals surface area contributed by atoms with Gasteiger partial charge in [0.05, 0.1) is 5.52 Å². The van der Waals surface area contributed by atoms with E-state index < -0.39 is 19.4 Å². The molecule has 1 aromatic heterocycles. The Hall–Kier alpha value is -2.42. The molecule has 19 heavy (non-hydrogen) atoms. The minimum atomic E-state index is -2.46. The molecule has 0 spiro atoms. The highest BCUT2D eigenvalue weighted by Crippen LogP contribution is 2.31. The Morgan fingerprint density at radius 3 is 2.74 bits per heavy atom. The molecular formula is C11H8N2O5P+. The lowest BCUT2D eigenvalue weighted by molar-refractivity contribution is 0.323. The highest BCUT2D eigenvalue weighted by molar-refractivity contribution is 7.33. The van der Waals surface area contributed by atoms with E-state index in [4.69, 9.17) is 10.9 Å². The SMILES string of the molecule is C#CCO[P+](=O)Oc1cccc2[nH]c(=O)c(=O)[nH]c12. The second-order valence-corrected chi connectivity index (χ2v) is 4.27. The Balaban J connectivity index is 2.42. The first kappa shape index (κ1) is 13.0. The Labute approximate surface area is 107 Å². The molecule has 1 atom stereocenters. The maximum atomic E-state index is 11.4. The van der Waals surface area contributed by atoms with Crippen LogP contribution in [-0.2, 0) is 9.09 Å². The van der Waals surface area contributed by atoms with Crippen LogP contribution in [0.15, 0.2) is 27.8 Å². The average Bonchev–Trinajstić information content (AvgIpc) is 2.38. The largest absolute Gasteiger partial charge is 0.751 e. The number of para-hydroxylation sites is 1. The summed E-state index contributed by atoms with van der Waals surface area (Å²) in [7, 11) is -2.46. The van der Waals surface area contributed by atoms with Crippen LogP contribution in [0.2, 0.25) is 0 Å². The van der Waals surface area contributed by atoms with Gasteiger partial charge in [-0.25, -0.2) is 4.52 Å². The van der Waals surface area contributed by atoms with Crippen LogP contribution in [0.5, 0.6) is 5.75 Å². The van der Waals surface area contributed by atoms with E-state index in [0.29, 0.717) is 5.52 Å². The van der Waals surface area contributed by atoms with E-state index in [2.05, 4.69) is 20.4 Å². The first-order valence-electron chi connectivity index (χ1n) is 5.09. The van der Waals surface area contributed by atoms with Gasteiger partial charge in [-0.15, -0.1) is 6.42 Å². The van der Waals surface area contributed by atoms with E-state index in [1.54, 1.807) is 12.1 Å². The number of aromatic nitrogens is 2. The third-order valence-electron chi connectivity index (χ3n) is 2.15. The highest BCUT2D eigenvalue weighted by Gasteiger charge is 2.23. The summed E-state index contributed by atoms with van der Waals surface area (Å²) in [5.74, 6) is 2.26. The minimum Gasteiger partial charge on any atom is -0.316 e. The number of aromatic amines is 2. The second kappa shape index (κ2) is 5.48. The van der Waals surface area contributed by atoms with Gasteiger partial charge in [0.1, 0.15) is 5.52 Å². The van der Waals surface area contributed by atoms with Gasteiger partial charge in [-0.2, -0.15) is 0 Å². The molecule has 0 amide bonds. The first-order chi connectivity index (χ1) is 9.11. The van der Waals surface area contributed by atoms with Gasteiger partial charge < -0.3 is 9.97 Å². The summed E-state index contributed by atoms with van der Waals surface area (Å²) in [5.41, 5.74) is -1.04. The molecule has 2 aromatic rings. The quantitative estimate of drug-likeness (QED) is 0.492. The molecule has 0 saturated heterocycles. The van der Waals surface area contributed by atoms with Gasteiger partial charge in [0.25, 0.3) is 0 Å². The fraction of sp³-hybridized carbons (Fsp3) is 0.0909. The fourth-order valence-corrected chi connectivity index (χ4v) is 1.93. The zero-order chi connectivity index (χ0) is 13.8. The van der Waals surface area contributed by atoms with Gasteiger partial charge in [0.2, 0.25) is 5.75 Å². The fourth-order valence-electron chi connectivity index (χ4n) is 1.39. The van der Waals surface area contributed by atoms with Gasteiger partial charge in [0, 0.05) is 4.57 Å². The summed E-state index contributed by atoms with van der Waals surface area (Å²) in [6.07, 6.45) is 4.95. The van der Waals surface area contributed by atoms with Gasteiger partial charge in [-0.1, -0.05) is 16.5 Å². The summed E-state index contributed by atoms with van der Waals surface area (Å²) in [6, 6.07) is 4.61. The third-order valence-corrected chi connectivity index (χ3v) is 2.83. The van der Waals surface area contributed by atoms with Crippen molar-refractivity contribution >= 4 is 19.3 Å². The van der Waals surface area contributed by atoms with Gasteiger partial charge in [-0.3, -0.25) is 9.59 Å². The van der Waals surface area contributed by atoms with Crippen molar-refractivity contribution in [2.75, 3.05) is 6.61 Å². The number of H-pyrrole nitrogens is 2. The Kier molecular flexibility index (Phi) is 3.76. The lowest BCUT2D eigenvalue weighted by Crippen LogP contribution is -2.28. The summed E-state index contributed by atoms with van der Waals surface area (Å²) in [6.45, 7) is -0.159. The smallest absolute Gasteiger partial charge is 0.316 e. The van der Waals surface area contributed by atoms with E-state index >= 15 is 0 Å². The van der Waals surface area contributed by atoms with E-state index in [9.17, 15) is 14.2 Å². The summed E-state index contributed by atoms with van der Waals surface area (Å²) in [5, 5.41) is 0. The number of nitrogens with one attached hydrogen (secondary N) is 2. The van der Waals surface area contributed by atoms with Crippen molar-refractivity contribution in [1.82, 2.24) is 9.97 Å². The highest BCUT2D eigenvalue weighted by atomic mass is 31.1. The Morgan fingerprint density at radius 1 is 1.26 bits per heavy atom. The van der Waals surface area contributed by atoms with Crippen LogP contribution in [0, 0.1) is 12.3 Å². The number of rotatable bonds is 4. The molecule has 1 heterocycles. The standard InChI is InChI=1S/C11H7N2O5P/c1-2-6-17-19(16)18-8-5-3-4-7-9(8)13-11(15)10(14)12-7/h1,3-5H,6H2,(H-,12,13,14,15)/p+1. The van der Waals surface area contributed by atoms with Crippen LogP contribution in [0.1, 0.15) is 0 Å². The summed E-state index contributed by atoms with van der Waals surface area (Å²) < 4.78 is 21.1. The molecular weight excluding hydrogens is 271 g/mol. The van der Waals surface area contributed by atoms with Crippen LogP contribution in [-0.4, -0.2) is 16.6 Å². The molecule has 0 aliphatic heterocycles. The predicted molar refractivity (Wildman–Crippen MR) is 68.2 cm³/mol. The molecule has 1 unspecified atom stereocenters. The molecule has 7 nitrogen and oxygen atoms in total. The van der Waals surface area contributed by atoms with Crippen molar-refractivity contribution in [1.29, 1.82) is 0 Å². The zero-order valence-electron chi connectivity index (χ0n) is 9.50. The maximum absolute atomic E-state index is 11.4. The molecule has 2 N–H and O–H groups in total. The average molecular weight is 279 g/mol. The number of hydrogen-bond acceptors (Lipinski definition) is 5. The summed E-state index contributed by atoms with van der Waals surface area (Å²) >= 11 is 0. The van der Waals surface area contributed by atoms with Crippen LogP contribution in [0.3, 0.4) is 0 Å². The van der Waals surface area contributed by atoms with Crippen LogP contribution >= 0.6 is 8.25 Å². The number of fused-ring (bicyclic) bond motifs is 1. The molecule has 8 heteroatoms. The molecule has 0 fully saturated rings. The van der Waals surface area contributed by atoms with Gasteiger partial charge in [-0.05, 0) is 12.1 Å². The van der Waals surface area contributed by atoms with Gasteiger partial charge >= 0.3 is 19.4 Å². The molecule has 0 radical (unpaired) electrons. The zero-order valence-corrected chi connectivity index (χ0v) is 10.4. The van der Waals surface area contributed by atoms with Crippen molar-refractivity contribution < 1.29 is 13.6 Å². The van der Waals surface area contributed by atoms with E-state index in [0.717, 1.165) is 0 Å². The molecule has 96 valence electrons. The van der Waals surface area contributed by atoms with Crippen molar-refractivity contribution in [3.8, 4) is 18.1 Å². The maximum Gasteiger partial charge on any atom is 0.751 e. The number of hydrogen-bond donors (Lipinski definition) is 2. The molecule has 1 aromatic carbocycles.